The summed E-state index contributed by atoms with van der Waals surface area (Å²) in [5.41, 5.74) is 1.47. The second kappa shape index (κ2) is 11.6. The van der Waals surface area contributed by atoms with E-state index in [1.165, 1.54) is 12.1 Å². The number of carbonyl (C=O) groups excluding carboxylic acids is 1. The lowest BCUT2D eigenvalue weighted by Gasteiger charge is -2.24. The lowest BCUT2D eigenvalue weighted by molar-refractivity contribution is -0.138. The van der Waals surface area contributed by atoms with Crippen LogP contribution in [-0.2, 0) is 19.8 Å². The molecule has 0 saturated heterocycles. The molecule has 0 amide bonds. The third-order valence-corrected chi connectivity index (χ3v) is 6.35. The van der Waals surface area contributed by atoms with Crippen molar-refractivity contribution in [3.8, 4) is 28.6 Å². The first-order valence-electron chi connectivity index (χ1n) is 12.5. The third kappa shape index (κ3) is 6.12. The number of hydrogen-bond acceptors (Lipinski definition) is 7. The van der Waals surface area contributed by atoms with Crippen molar-refractivity contribution in [2.75, 3.05) is 23.8 Å². The third-order valence-electron chi connectivity index (χ3n) is 6.35. The van der Waals surface area contributed by atoms with Crippen molar-refractivity contribution < 1.29 is 18.0 Å². The van der Waals surface area contributed by atoms with Gasteiger partial charge in [0.15, 0.2) is 5.82 Å². The highest BCUT2D eigenvalue weighted by molar-refractivity contribution is 5.84. The number of rotatable bonds is 9. The summed E-state index contributed by atoms with van der Waals surface area (Å²) in [6, 6.07) is 14.5. The Morgan fingerprint density at radius 2 is 1.93 bits per heavy atom. The molecule has 206 valence electrons. The van der Waals surface area contributed by atoms with Crippen molar-refractivity contribution in [3.05, 3.63) is 77.1 Å². The Morgan fingerprint density at radius 1 is 1.15 bits per heavy atom. The Balaban J connectivity index is 1.86. The first-order chi connectivity index (χ1) is 19.0. The number of aryl methyl sites for hydroxylation is 1. The van der Waals surface area contributed by atoms with E-state index < -0.39 is 11.7 Å². The number of pyridine rings is 1. The number of alkyl halides is 3. The summed E-state index contributed by atoms with van der Waals surface area (Å²) in [6.07, 6.45) is -2.63. The molecule has 0 bridgehead atoms. The number of halogens is 3. The average Bonchev–Trinajstić information content (AvgIpc) is 3.36. The van der Waals surface area contributed by atoms with Crippen LogP contribution in [0.3, 0.4) is 0 Å². The van der Waals surface area contributed by atoms with E-state index in [4.69, 9.17) is 0 Å². The van der Waals surface area contributed by atoms with Crippen molar-refractivity contribution in [1.82, 2.24) is 19.7 Å². The maximum absolute atomic E-state index is 13.8. The minimum atomic E-state index is -4.63. The number of anilines is 2. The van der Waals surface area contributed by atoms with Gasteiger partial charge < -0.3 is 14.8 Å². The fourth-order valence-electron chi connectivity index (χ4n) is 4.32. The zero-order valence-corrected chi connectivity index (χ0v) is 22.5. The van der Waals surface area contributed by atoms with Crippen LogP contribution < -0.4 is 10.2 Å². The van der Waals surface area contributed by atoms with E-state index >= 15 is 0 Å². The van der Waals surface area contributed by atoms with Crippen LogP contribution in [0.15, 0.2) is 54.9 Å². The number of nitrogens with one attached hydrogen (secondary N) is 1. The van der Waals surface area contributed by atoms with Crippen molar-refractivity contribution in [1.29, 1.82) is 5.26 Å². The SMILES string of the molecule is CC(C)CNc1cc(-c2cc(C#N)ccc2-c2nncn2C)cc(N(C)Cc2c(C=O)cccc2C(F)(F)F)n1. The molecule has 0 fully saturated rings. The van der Waals surface area contributed by atoms with E-state index in [1.54, 1.807) is 54.2 Å². The molecule has 0 unspecified atom stereocenters. The maximum Gasteiger partial charge on any atom is 0.416 e. The second-order valence-electron chi connectivity index (χ2n) is 9.86. The van der Waals surface area contributed by atoms with Gasteiger partial charge in [0.25, 0.3) is 0 Å². The summed E-state index contributed by atoms with van der Waals surface area (Å²) in [6.45, 7) is 4.49. The van der Waals surface area contributed by atoms with Gasteiger partial charge in [-0.05, 0) is 59.0 Å². The Labute approximate surface area is 230 Å². The standard InChI is InChI=1S/C29H28F3N7O/c1-18(2)14-34-26-11-21(23-10-19(13-33)8-9-22(23)28-37-35-17-39(28)4)12-27(36-26)38(3)15-24-20(16-40)6-5-7-25(24)29(30,31)32/h5-12,16-18H,14-15H2,1-4H3,(H,34,36). The number of carbonyl (C=O) groups is 1. The molecule has 2 heterocycles. The van der Waals surface area contributed by atoms with Gasteiger partial charge in [-0.3, -0.25) is 4.79 Å². The van der Waals surface area contributed by atoms with E-state index in [0.717, 1.165) is 11.6 Å². The van der Waals surface area contributed by atoms with Crippen LogP contribution in [0, 0.1) is 17.2 Å². The molecule has 4 aromatic rings. The summed E-state index contributed by atoms with van der Waals surface area (Å²) in [5, 5.41) is 21.1. The van der Waals surface area contributed by atoms with Crippen LogP contribution >= 0.6 is 0 Å². The molecule has 0 atom stereocenters. The monoisotopic (exact) mass is 547 g/mol. The first kappa shape index (κ1) is 28.3. The van der Waals surface area contributed by atoms with E-state index in [-0.39, 0.29) is 17.7 Å². The van der Waals surface area contributed by atoms with Gasteiger partial charge in [0.2, 0.25) is 0 Å². The summed E-state index contributed by atoms with van der Waals surface area (Å²) >= 11 is 0. The Bertz CT molecular complexity index is 1570. The molecule has 2 aromatic heterocycles. The van der Waals surface area contributed by atoms with Crippen LogP contribution in [0.2, 0.25) is 0 Å². The number of aldehydes is 1. The minimum Gasteiger partial charge on any atom is -0.370 e. The van der Waals surface area contributed by atoms with Crippen molar-refractivity contribution in [2.24, 2.45) is 13.0 Å². The fourth-order valence-corrected chi connectivity index (χ4v) is 4.32. The molecule has 0 spiro atoms. The molecule has 8 nitrogen and oxygen atoms in total. The Morgan fingerprint density at radius 3 is 2.55 bits per heavy atom. The maximum atomic E-state index is 13.8. The second-order valence-corrected chi connectivity index (χ2v) is 9.86. The molecular formula is C29H28F3N7O. The topological polar surface area (TPSA) is 99.7 Å². The molecule has 0 aliphatic heterocycles. The Hall–Kier alpha value is -4.72. The normalized spacial score (nSPS) is 11.4. The van der Waals surface area contributed by atoms with Gasteiger partial charge in [-0.15, -0.1) is 10.2 Å². The van der Waals surface area contributed by atoms with Gasteiger partial charge in [0.1, 0.15) is 24.2 Å². The summed E-state index contributed by atoms with van der Waals surface area (Å²) in [5.74, 6) is 1.78. The van der Waals surface area contributed by atoms with E-state index in [9.17, 15) is 23.2 Å². The molecule has 0 aliphatic carbocycles. The fraction of sp³-hybridized carbons (Fsp3) is 0.276. The van der Waals surface area contributed by atoms with Crippen LogP contribution in [0.25, 0.3) is 22.5 Å². The number of nitrogens with zero attached hydrogens (tertiary/aromatic N) is 6. The lowest BCUT2D eigenvalue weighted by atomic mass is 9.97. The number of nitriles is 1. The number of hydrogen-bond donors (Lipinski definition) is 1. The van der Waals surface area contributed by atoms with Crippen LogP contribution in [0.5, 0.6) is 0 Å². The van der Waals surface area contributed by atoms with Gasteiger partial charge in [0, 0.05) is 38.3 Å². The molecule has 0 aliphatic rings. The average molecular weight is 548 g/mol. The summed E-state index contributed by atoms with van der Waals surface area (Å²) in [7, 11) is 3.43. The van der Waals surface area contributed by atoms with Gasteiger partial charge in [-0.2, -0.15) is 18.4 Å². The largest absolute Gasteiger partial charge is 0.416 e. The van der Waals surface area contributed by atoms with Crippen molar-refractivity contribution >= 4 is 17.9 Å². The quantitative estimate of drug-likeness (QED) is 0.259. The molecule has 0 saturated carbocycles. The van der Waals surface area contributed by atoms with Gasteiger partial charge in [0.05, 0.1) is 17.2 Å². The zero-order chi connectivity index (χ0) is 29.0. The molecule has 40 heavy (non-hydrogen) atoms. The predicted molar refractivity (Wildman–Crippen MR) is 147 cm³/mol. The Kier molecular flexibility index (Phi) is 8.18. The van der Waals surface area contributed by atoms with Crippen LogP contribution in [0.1, 0.15) is 40.9 Å². The highest BCUT2D eigenvalue weighted by atomic mass is 19.4. The van der Waals surface area contributed by atoms with Crippen LogP contribution in [0.4, 0.5) is 24.8 Å². The highest BCUT2D eigenvalue weighted by Gasteiger charge is 2.34. The van der Waals surface area contributed by atoms with E-state index in [2.05, 4.69) is 26.6 Å². The first-order valence-corrected chi connectivity index (χ1v) is 12.5. The predicted octanol–water partition coefficient (Wildman–Crippen LogP) is 5.95. The van der Waals surface area contributed by atoms with Crippen LogP contribution in [-0.4, -0.2) is 39.6 Å². The summed E-state index contributed by atoms with van der Waals surface area (Å²) in [4.78, 5) is 17.9. The van der Waals surface area contributed by atoms with E-state index in [0.29, 0.717) is 52.9 Å². The van der Waals surface area contributed by atoms with Crippen molar-refractivity contribution in [2.45, 2.75) is 26.6 Å². The molecule has 4 rings (SSSR count). The summed E-state index contributed by atoms with van der Waals surface area (Å²) < 4.78 is 43.2. The highest BCUT2D eigenvalue weighted by Crippen LogP contribution is 2.37. The number of aromatic nitrogens is 4. The molecule has 11 heteroatoms. The van der Waals surface area contributed by atoms with Gasteiger partial charge >= 0.3 is 6.18 Å². The lowest BCUT2D eigenvalue weighted by Crippen LogP contribution is -2.22. The van der Waals surface area contributed by atoms with Gasteiger partial charge in [-0.25, -0.2) is 4.98 Å². The molecule has 2 aromatic carbocycles. The smallest absolute Gasteiger partial charge is 0.370 e. The molecule has 1 N–H and O–H groups in total. The zero-order valence-electron chi connectivity index (χ0n) is 22.5. The minimum absolute atomic E-state index is 0.0396. The van der Waals surface area contributed by atoms with E-state index in [1.807, 2.05) is 19.9 Å². The van der Waals surface area contributed by atoms with Gasteiger partial charge in [-0.1, -0.05) is 26.0 Å². The van der Waals surface area contributed by atoms with Crippen molar-refractivity contribution in [3.63, 3.8) is 0 Å². The number of benzene rings is 2. The molecular weight excluding hydrogens is 519 g/mol. The molecule has 0 radical (unpaired) electrons.